The van der Waals surface area contributed by atoms with Crippen LogP contribution in [0.5, 0.6) is 5.75 Å². The molecule has 1 heterocycles. The van der Waals surface area contributed by atoms with Gasteiger partial charge in [-0.3, -0.25) is 4.79 Å². The zero-order valence-electron chi connectivity index (χ0n) is 10.1. The van der Waals surface area contributed by atoms with Gasteiger partial charge in [-0.15, -0.1) is 0 Å². The number of nitrogens with zero attached hydrogens (tertiary/aromatic N) is 1. The molecule has 1 fully saturated rings. The van der Waals surface area contributed by atoms with E-state index in [4.69, 9.17) is 4.74 Å². The molecular formula is C14H14FNO2. The zero-order valence-corrected chi connectivity index (χ0v) is 10.1. The lowest BCUT2D eigenvalue weighted by Gasteiger charge is -2.10. The van der Waals surface area contributed by atoms with E-state index in [0.29, 0.717) is 17.4 Å². The molecule has 0 N–H and O–H groups in total. The van der Waals surface area contributed by atoms with Gasteiger partial charge in [0, 0.05) is 18.0 Å². The second kappa shape index (κ2) is 4.12. The molecule has 0 amide bonds. The molecule has 2 aromatic rings. The monoisotopic (exact) mass is 247 g/mol. The van der Waals surface area contributed by atoms with Crippen LogP contribution in [0, 0.1) is 11.7 Å². The minimum absolute atomic E-state index is 0.347. The molecule has 1 aromatic carbocycles. The van der Waals surface area contributed by atoms with Gasteiger partial charge >= 0.3 is 0 Å². The van der Waals surface area contributed by atoms with Crippen molar-refractivity contribution in [1.82, 2.24) is 4.57 Å². The van der Waals surface area contributed by atoms with Crippen LogP contribution in [0.25, 0.3) is 10.9 Å². The van der Waals surface area contributed by atoms with Crippen molar-refractivity contribution in [3.05, 3.63) is 29.7 Å². The maximum atomic E-state index is 13.4. The van der Waals surface area contributed by atoms with E-state index in [1.54, 1.807) is 6.07 Å². The Bertz CT molecular complexity index is 614. The second-order valence-electron chi connectivity index (χ2n) is 4.79. The Labute approximate surface area is 104 Å². The molecule has 1 aliphatic rings. The summed E-state index contributed by atoms with van der Waals surface area (Å²) in [5.74, 6) is 0.771. The lowest BCUT2D eigenvalue weighted by molar-refractivity contribution is 0.111. The van der Waals surface area contributed by atoms with E-state index in [2.05, 4.69) is 0 Å². The first-order valence-corrected chi connectivity index (χ1v) is 6.05. The minimum Gasteiger partial charge on any atom is -0.494 e. The Kier molecular flexibility index (Phi) is 2.58. The Morgan fingerprint density at radius 2 is 2.22 bits per heavy atom. The molecule has 4 heteroatoms. The third kappa shape index (κ3) is 1.78. The summed E-state index contributed by atoms with van der Waals surface area (Å²) in [5, 5.41) is 0.717. The Morgan fingerprint density at radius 3 is 2.83 bits per heavy atom. The minimum atomic E-state index is -0.347. The summed E-state index contributed by atoms with van der Waals surface area (Å²) in [6.07, 6.45) is 3.21. The normalized spacial score (nSPS) is 15.0. The summed E-state index contributed by atoms with van der Waals surface area (Å²) in [7, 11) is 1.52. The highest BCUT2D eigenvalue weighted by Gasteiger charge is 2.24. The summed E-state index contributed by atoms with van der Waals surface area (Å²) in [4.78, 5) is 11.1. The van der Waals surface area contributed by atoms with Crippen LogP contribution in [0.3, 0.4) is 0 Å². The molecule has 1 aliphatic carbocycles. The maximum Gasteiger partial charge on any atom is 0.166 e. The largest absolute Gasteiger partial charge is 0.494 e. The van der Waals surface area contributed by atoms with Gasteiger partial charge in [-0.25, -0.2) is 4.39 Å². The van der Waals surface area contributed by atoms with E-state index in [1.165, 1.54) is 32.1 Å². The number of halogens is 1. The third-order valence-electron chi connectivity index (χ3n) is 3.43. The highest BCUT2D eigenvalue weighted by Crippen LogP contribution is 2.35. The first kappa shape index (κ1) is 11.3. The van der Waals surface area contributed by atoms with Crippen molar-refractivity contribution in [2.45, 2.75) is 19.4 Å². The summed E-state index contributed by atoms with van der Waals surface area (Å²) in [6, 6.07) is 4.52. The van der Waals surface area contributed by atoms with Crippen LogP contribution < -0.4 is 4.74 Å². The Morgan fingerprint density at radius 1 is 1.44 bits per heavy atom. The van der Waals surface area contributed by atoms with Crippen LogP contribution in [0.15, 0.2) is 18.2 Å². The van der Waals surface area contributed by atoms with Crippen LogP contribution in [-0.2, 0) is 6.54 Å². The lowest BCUT2D eigenvalue weighted by atomic mass is 10.2. The Balaban J connectivity index is 2.24. The number of aldehydes is 1. The number of rotatable bonds is 4. The van der Waals surface area contributed by atoms with Crippen LogP contribution in [-0.4, -0.2) is 18.0 Å². The number of benzene rings is 1. The number of hydrogen-bond donors (Lipinski definition) is 0. The number of carbonyl (C=O) groups excluding carboxylic acids is 1. The first-order chi connectivity index (χ1) is 8.72. The van der Waals surface area contributed by atoms with Gasteiger partial charge in [-0.1, -0.05) is 0 Å². The van der Waals surface area contributed by atoms with Gasteiger partial charge in [0.1, 0.15) is 11.6 Å². The molecule has 0 spiro atoms. The fraction of sp³-hybridized carbons (Fsp3) is 0.357. The fourth-order valence-electron chi connectivity index (χ4n) is 2.37. The zero-order chi connectivity index (χ0) is 12.7. The highest BCUT2D eigenvalue weighted by atomic mass is 19.1. The van der Waals surface area contributed by atoms with Gasteiger partial charge in [0.25, 0.3) is 0 Å². The number of fused-ring (bicyclic) bond motifs is 1. The SMILES string of the molecule is COc1cc(F)cc2cc(C=O)n(CC3CC3)c12. The maximum absolute atomic E-state index is 13.4. The van der Waals surface area contributed by atoms with Crippen LogP contribution in [0.2, 0.25) is 0 Å². The standard InChI is InChI=1S/C14H14FNO2/c1-18-13-6-11(15)4-10-5-12(8-17)16(14(10)13)7-9-2-3-9/h4-6,8-9H,2-3,7H2,1H3. The van der Waals surface area contributed by atoms with Crippen LogP contribution in [0.4, 0.5) is 4.39 Å². The predicted octanol–water partition coefficient (Wildman–Crippen LogP) is 3.01. The average molecular weight is 247 g/mol. The van der Waals surface area contributed by atoms with Crippen molar-refractivity contribution in [1.29, 1.82) is 0 Å². The van der Waals surface area contributed by atoms with Gasteiger partial charge in [-0.05, 0) is 30.9 Å². The molecule has 0 atom stereocenters. The van der Waals surface area contributed by atoms with Gasteiger partial charge in [-0.2, -0.15) is 0 Å². The molecule has 3 rings (SSSR count). The quantitative estimate of drug-likeness (QED) is 0.778. The van der Waals surface area contributed by atoms with E-state index in [1.807, 2.05) is 4.57 Å². The number of hydrogen-bond acceptors (Lipinski definition) is 2. The molecule has 0 radical (unpaired) electrons. The summed E-state index contributed by atoms with van der Waals surface area (Å²) < 4.78 is 20.6. The van der Waals surface area contributed by atoms with Gasteiger partial charge in [0.15, 0.2) is 6.29 Å². The predicted molar refractivity (Wildman–Crippen MR) is 66.6 cm³/mol. The third-order valence-corrected chi connectivity index (χ3v) is 3.43. The molecule has 0 aliphatic heterocycles. The summed E-state index contributed by atoms with van der Waals surface area (Å²) in [5.41, 5.74) is 1.40. The van der Waals surface area contributed by atoms with E-state index < -0.39 is 0 Å². The van der Waals surface area contributed by atoms with Gasteiger partial charge in [0.2, 0.25) is 0 Å². The van der Waals surface area contributed by atoms with Crippen molar-refractivity contribution >= 4 is 17.2 Å². The molecule has 1 saturated carbocycles. The number of methoxy groups -OCH3 is 1. The summed E-state index contributed by atoms with van der Waals surface area (Å²) in [6.45, 7) is 0.805. The molecule has 94 valence electrons. The van der Waals surface area contributed by atoms with Crippen LogP contribution in [0.1, 0.15) is 23.3 Å². The Hall–Kier alpha value is -1.84. The molecule has 0 saturated heterocycles. The molecular weight excluding hydrogens is 233 g/mol. The number of carbonyl (C=O) groups is 1. The highest BCUT2D eigenvalue weighted by molar-refractivity contribution is 5.92. The van der Waals surface area contributed by atoms with Crippen molar-refractivity contribution in [2.75, 3.05) is 7.11 Å². The molecule has 3 nitrogen and oxygen atoms in total. The van der Waals surface area contributed by atoms with E-state index in [-0.39, 0.29) is 5.82 Å². The molecule has 0 bridgehead atoms. The van der Waals surface area contributed by atoms with Crippen molar-refractivity contribution in [3.63, 3.8) is 0 Å². The fourth-order valence-corrected chi connectivity index (χ4v) is 2.37. The average Bonchev–Trinajstić information content (AvgIpc) is 3.10. The second-order valence-corrected chi connectivity index (χ2v) is 4.79. The van der Waals surface area contributed by atoms with E-state index in [0.717, 1.165) is 23.7 Å². The summed E-state index contributed by atoms with van der Waals surface area (Å²) >= 11 is 0. The molecule has 18 heavy (non-hydrogen) atoms. The van der Waals surface area contributed by atoms with Crippen molar-refractivity contribution in [2.24, 2.45) is 5.92 Å². The molecule has 1 aromatic heterocycles. The van der Waals surface area contributed by atoms with Crippen molar-refractivity contribution < 1.29 is 13.9 Å². The number of ether oxygens (including phenoxy) is 1. The van der Waals surface area contributed by atoms with E-state index in [9.17, 15) is 9.18 Å². The first-order valence-electron chi connectivity index (χ1n) is 6.05. The van der Waals surface area contributed by atoms with Gasteiger partial charge < -0.3 is 9.30 Å². The van der Waals surface area contributed by atoms with Gasteiger partial charge in [0.05, 0.1) is 18.3 Å². The van der Waals surface area contributed by atoms with Crippen molar-refractivity contribution in [3.8, 4) is 5.75 Å². The lowest BCUT2D eigenvalue weighted by Crippen LogP contribution is -2.04. The molecule has 0 unspecified atom stereocenters. The topological polar surface area (TPSA) is 31.2 Å². The smallest absolute Gasteiger partial charge is 0.166 e. The number of aromatic nitrogens is 1. The van der Waals surface area contributed by atoms with E-state index >= 15 is 0 Å². The van der Waals surface area contributed by atoms with Crippen LogP contribution >= 0.6 is 0 Å².